The van der Waals surface area contributed by atoms with Gasteiger partial charge in [0.1, 0.15) is 6.33 Å². The summed E-state index contributed by atoms with van der Waals surface area (Å²) in [5.41, 5.74) is 2.24. The third-order valence-corrected chi connectivity index (χ3v) is 4.98. The normalized spacial score (nSPS) is 14.4. The van der Waals surface area contributed by atoms with Crippen LogP contribution in [0, 0.1) is 6.92 Å². The topological polar surface area (TPSA) is 41.9 Å². The first-order chi connectivity index (χ1) is 8.81. The first-order valence-corrected chi connectivity index (χ1v) is 7.39. The summed E-state index contributed by atoms with van der Waals surface area (Å²) in [5.74, 6) is 1.04. The first kappa shape index (κ1) is 10.4. The van der Waals surface area contributed by atoms with Gasteiger partial charge in [-0.2, -0.15) is 0 Å². The van der Waals surface area contributed by atoms with Crippen LogP contribution in [0.4, 0.5) is 5.82 Å². The summed E-state index contributed by atoms with van der Waals surface area (Å²) in [7, 11) is 0. The van der Waals surface area contributed by atoms with E-state index in [0.29, 0.717) is 0 Å². The second kappa shape index (κ2) is 3.73. The zero-order valence-corrected chi connectivity index (χ0v) is 11.4. The van der Waals surface area contributed by atoms with E-state index in [1.165, 1.54) is 15.3 Å². The number of rotatable bonds is 1. The van der Waals surface area contributed by atoms with E-state index in [9.17, 15) is 0 Å². The summed E-state index contributed by atoms with van der Waals surface area (Å²) in [6.07, 6.45) is 1.65. The highest BCUT2D eigenvalue weighted by atomic mass is 32.1. The van der Waals surface area contributed by atoms with E-state index in [4.69, 9.17) is 0 Å². The van der Waals surface area contributed by atoms with E-state index in [0.717, 1.165) is 29.4 Å². The molecule has 0 bridgehead atoms. The third kappa shape index (κ3) is 1.46. The predicted octanol–water partition coefficient (Wildman–Crippen LogP) is 2.98. The molecule has 0 saturated heterocycles. The minimum atomic E-state index is 0.865. The van der Waals surface area contributed by atoms with Crippen LogP contribution < -0.4 is 4.90 Å². The van der Waals surface area contributed by atoms with Gasteiger partial charge in [0, 0.05) is 4.88 Å². The zero-order chi connectivity index (χ0) is 12.1. The van der Waals surface area contributed by atoms with E-state index in [-0.39, 0.29) is 0 Å². The quantitative estimate of drug-likeness (QED) is 0.684. The molecule has 0 radical (unpaired) electrons. The van der Waals surface area contributed by atoms with Gasteiger partial charge < -0.3 is 4.90 Å². The summed E-state index contributed by atoms with van der Waals surface area (Å²) in [4.78, 5) is 17.0. The van der Waals surface area contributed by atoms with Crippen molar-refractivity contribution in [3.05, 3.63) is 33.4 Å². The van der Waals surface area contributed by atoms with Gasteiger partial charge in [0.05, 0.1) is 34.0 Å². The fraction of sp³-hybridized carbons (Fsp3) is 0.250. The van der Waals surface area contributed by atoms with Gasteiger partial charge in [-0.1, -0.05) is 0 Å². The molecule has 0 fully saturated rings. The lowest BCUT2D eigenvalue weighted by molar-refractivity contribution is 0.850. The molecule has 0 spiro atoms. The summed E-state index contributed by atoms with van der Waals surface area (Å²) < 4.78 is 1.17. The van der Waals surface area contributed by atoms with E-state index >= 15 is 0 Å². The molecule has 0 unspecified atom stereocenters. The van der Waals surface area contributed by atoms with E-state index < -0.39 is 0 Å². The van der Waals surface area contributed by atoms with Crippen LogP contribution in [-0.2, 0) is 13.1 Å². The molecule has 0 aliphatic carbocycles. The Labute approximate surface area is 112 Å². The van der Waals surface area contributed by atoms with E-state index in [2.05, 4.69) is 32.2 Å². The van der Waals surface area contributed by atoms with Crippen molar-refractivity contribution in [1.82, 2.24) is 15.0 Å². The van der Waals surface area contributed by atoms with Crippen LogP contribution in [-0.4, -0.2) is 15.0 Å². The highest BCUT2D eigenvalue weighted by Gasteiger charge is 2.25. The standard InChI is InChI=1S/C12H10N4S2/c1-7-15-9-4-16(5-10(9)18-7)12-11-8(2-3-17-11)13-6-14-12/h2-3,6H,4-5H2,1H3. The van der Waals surface area contributed by atoms with Crippen molar-refractivity contribution in [2.75, 3.05) is 4.90 Å². The van der Waals surface area contributed by atoms with Gasteiger partial charge in [-0.05, 0) is 18.4 Å². The van der Waals surface area contributed by atoms with Crippen LogP contribution in [0.15, 0.2) is 17.8 Å². The van der Waals surface area contributed by atoms with Crippen molar-refractivity contribution in [3.8, 4) is 0 Å². The summed E-state index contributed by atoms with van der Waals surface area (Å²) in [6, 6.07) is 2.04. The molecule has 0 atom stereocenters. The molecule has 3 aromatic rings. The Kier molecular flexibility index (Phi) is 2.15. The maximum Gasteiger partial charge on any atom is 0.150 e. The van der Waals surface area contributed by atoms with Gasteiger partial charge in [0.2, 0.25) is 0 Å². The van der Waals surface area contributed by atoms with Gasteiger partial charge in [-0.25, -0.2) is 15.0 Å². The highest BCUT2D eigenvalue weighted by Crippen LogP contribution is 2.35. The number of hydrogen-bond acceptors (Lipinski definition) is 6. The minimum absolute atomic E-state index is 0.865. The molecular formula is C12H10N4S2. The monoisotopic (exact) mass is 274 g/mol. The van der Waals surface area contributed by atoms with Crippen LogP contribution >= 0.6 is 22.7 Å². The Bertz CT molecular complexity index is 707. The Morgan fingerprint density at radius 1 is 1.28 bits per heavy atom. The SMILES string of the molecule is Cc1nc2c(s1)CN(c1ncnc3ccsc13)C2. The largest absolute Gasteiger partial charge is 0.344 e. The van der Waals surface area contributed by atoms with Crippen LogP contribution in [0.5, 0.6) is 0 Å². The van der Waals surface area contributed by atoms with Crippen LogP contribution in [0.3, 0.4) is 0 Å². The number of thiophene rings is 1. The van der Waals surface area contributed by atoms with Gasteiger partial charge in [0.25, 0.3) is 0 Å². The Hall–Kier alpha value is -1.53. The number of nitrogens with zero attached hydrogens (tertiary/aromatic N) is 4. The second-order valence-electron chi connectivity index (χ2n) is 4.29. The molecule has 6 heteroatoms. The Morgan fingerprint density at radius 2 is 2.22 bits per heavy atom. The predicted molar refractivity (Wildman–Crippen MR) is 74.2 cm³/mol. The molecule has 1 aliphatic heterocycles. The number of anilines is 1. The number of aromatic nitrogens is 3. The van der Waals surface area contributed by atoms with Crippen molar-refractivity contribution in [3.63, 3.8) is 0 Å². The summed E-state index contributed by atoms with van der Waals surface area (Å²) >= 11 is 3.49. The van der Waals surface area contributed by atoms with Crippen molar-refractivity contribution in [2.24, 2.45) is 0 Å². The third-order valence-electron chi connectivity index (χ3n) is 3.08. The molecule has 90 valence electrons. The Morgan fingerprint density at radius 3 is 3.11 bits per heavy atom. The van der Waals surface area contributed by atoms with Gasteiger partial charge >= 0.3 is 0 Å². The molecule has 4 nitrogen and oxygen atoms in total. The lowest BCUT2D eigenvalue weighted by Gasteiger charge is -2.16. The second-order valence-corrected chi connectivity index (χ2v) is 6.49. The van der Waals surface area contributed by atoms with Crippen molar-refractivity contribution in [2.45, 2.75) is 20.0 Å². The molecule has 0 amide bonds. The summed E-state index contributed by atoms with van der Waals surface area (Å²) in [6.45, 7) is 3.85. The molecular weight excluding hydrogens is 264 g/mol. The van der Waals surface area contributed by atoms with E-state index in [1.807, 2.05) is 6.07 Å². The number of aryl methyl sites for hydroxylation is 1. The lowest BCUT2D eigenvalue weighted by Crippen LogP contribution is -2.16. The molecule has 1 aliphatic rings. The molecule has 4 heterocycles. The van der Waals surface area contributed by atoms with Gasteiger partial charge in [-0.15, -0.1) is 22.7 Å². The minimum Gasteiger partial charge on any atom is -0.344 e. The average Bonchev–Trinajstić information content (AvgIpc) is 3.00. The van der Waals surface area contributed by atoms with Gasteiger partial charge in [0.15, 0.2) is 5.82 Å². The molecule has 0 aromatic carbocycles. The molecule has 4 rings (SSSR count). The Balaban J connectivity index is 1.77. The maximum absolute atomic E-state index is 4.57. The molecule has 0 saturated carbocycles. The summed E-state index contributed by atoms with van der Waals surface area (Å²) in [5, 5.41) is 3.22. The number of thiazole rings is 1. The molecule has 3 aromatic heterocycles. The fourth-order valence-corrected chi connectivity index (χ4v) is 4.14. The van der Waals surface area contributed by atoms with Crippen molar-refractivity contribution in [1.29, 1.82) is 0 Å². The van der Waals surface area contributed by atoms with Gasteiger partial charge in [-0.3, -0.25) is 0 Å². The van der Waals surface area contributed by atoms with Crippen LogP contribution in [0.25, 0.3) is 10.2 Å². The highest BCUT2D eigenvalue weighted by molar-refractivity contribution is 7.17. The van der Waals surface area contributed by atoms with Crippen molar-refractivity contribution < 1.29 is 0 Å². The number of hydrogen-bond donors (Lipinski definition) is 0. The van der Waals surface area contributed by atoms with Crippen molar-refractivity contribution >= 4 is 38.7 Å². The molecule has 0 N–H and O–H groups in total. The van der Waals surface area contributed by atoms with E-state index in [1.54, 1.807) is 29.0 Å². The smallest absolute Gasteiger partial charge is 0.150 e. The van der Waals surface area contributed by atoms with Crippen LogP contribution in [0.1, 0.15) is 15.6 Å². The first-order valence-electron chi connectivity index (χ1n) is 5.69. The maximum atomic E-state index is 4.57. The lowest BCUT2D eigenvalue weighted by atomic mass is 10.4. The molecule has 18 heavy (non-hydrogen) atoms. The average molecular weight is 274 g/mol. The van der Waals surface area contributed by atoms with Crippen LogP contribution in [0.2, 0.25) is 0 Å². The number of fused-ring (bicyclic) bond motifs is 2. The fourth-order valence-electron chi connectivity index (χ4n) is 2.32. The zero-order valence-electron chi connectivity index (χ0n) is 9.75.